The fourth-order valence-electron chi connectivity index (χ4n) is 3.97. The van der Waals surface area contributed by atoms with Gasteiger partial charge in [0.15, 0.2) is 0 Å². The van der Waals surface area contributed by atoms with Gasteiger partial charge in [-0.25, -0.2) is 0 Å². The molecule has 2 saturated heterocycles. The molecular formula is C17H35N3O. The zero-order valence-corrected chi connectivity index (χ0v) is 14.7. The van der Waals surface area contributed by atoms with Crippen molar-refractivity contribution < 1.29 is 4.74 Å². The van der Waals surface area contributed by atoms with Gasteiger partial charge in [-0.3, -0.25) is 9.80 Å². The quantitative estimate of drug-likeness (QED) is 0.866. The van der Waals surface area contributed by atoms with Crippen molar-refractivity contribution in [2.24, 2.45) is 5.73 Å². The lowest BCUT2D eigenvalue weighted by atomic mass is 9.77. The van der Waals surface area contributed by atoms with Crippen LogP contribution in [0.5, 0.6) is 0 Å². The van der Waals surface area contributed by atoms with Gasteiger partial charge in [-0.05, 0) is 47.0 Å². The molecule has 0 amide bonds. The summed E-state index contributed by atoms with van der Waals surface area (Å²) >= 11 is 0. The maximum absolute atomic E-state index is 6.25. The van der Waals surface area contributed by atoms with Crippen LogP contribution < -0.4 is 5.73 Å². The van der Waals surface area contributed by atoms with E-state index in [-0.39, 0.29) is 16.7 Å². The first-order valence-electron chi connectivity index (χ1n) is 8.59. The summed E-state index contributed by atoms with van der Waals surface area (Å²) in [6.07, 6.45) is 3.22. The Morgan fingerprint density at radius 3 is 2.24 bits per heavy atom. The van der Waals surface area contributed by atoms with Gasteiger partial charge >= 0.3 is 0 Å². The maximum Gasteiger partial charge on any atom is 0.0670 e. The molecule has 2 atom stereocenters. The normalized spacial score (nSPS) is 36.9. The monoisotopic (exact) mass is 297 g/mol. The van der Waals surface area contributed by atoms with Gasteiger partial charge in [-0.2, -0.15) is 0 Å². The fourth-order valence-corrected chi connectivity index (χ4v) is 3.97. The van der Waals surface area contributed by atoms with Gasteiger partial charge in [0.25, 0.3) is 0 Å². The van der Waals surface area contributed by atoms with Crippen molar-refractivity contribution in [1.29, 1.82) is 0 Å². The summed E-state index contributed by atoms with van der Waals surface area (Å²) in [5.74, 6) is 0. The molecule has 2 heterocycles. The van der Waals surface area contributed by atoms with Gasteiger partial charge in [0.05, 0.1) is 5.60 Å². The van der Waals surface area contributed by atoms with Crippen LogP contribution >= 0.6 is 0 Å². The highest BCUT2D eigenvalue weighted by atomic mass is 16.5. The third kappa shape index (κ3) is 3.61. The Bertz CT molecular complexity index is 346. The molecule has 0 aromatic heterocycles. The van der Waals surface area contributed by atoms with Gasteiger partial charge < -0.3 is 10.5 Å². The second kappa shape index (κ2) is 6.15. The van der Waals surface area contributed by atoms with Crippen LogP contribution in [0.25, 0.3) is 0 Å². The first-order chi connectivity index (χ1) is 9.75. The van der Waals surface area contributed by atoms with E-state index in [0.717, 1.165) is 58.6 Å². The van der Waals surface area contributed by atoms with E-state index in [4.69, 9.17) is 10.5 Å². The molecule has 2 fully saturated rings. The minimum absolute atomic E-state index is 0.00121. The van der Waals surface area contributed by atoms with E-state index in [1.165, 1.54) is 0 Å². The lowest BCUT2D eigenvalue weighted by Gasteiger charge is -2.54. The van der Waals surface area contributed by atoms with Crippen LogP contribution in [0.1, 0.15) is 53.9 Å². The minimum atomic E-state index is -0.00121. The molecule has 4 heteroatoms. The standard InChI is InChI=1S/C17H35N3O/c1-6-16(5)13-17(14-18,7-12-21-16)20-10-8-19(9-11-20)15(2,3)4/h6-14,18H2,1-5H3. The topological polar surface area (TPSA) is 41.7 Å². The third-order valence-corrected chi connectivity index (χ3v) is 5.75. The molecule has 0 saturated carbocycles. The summed E-state index contributed by atoms with van der Waals surface area (Å²) in [4.78, 5) is 5.25. The van der Waals surface area contributed by atoms with Crippen molar-refractivity contribution in [1.82, 2.24) is 9.80 Å². The molecule has 2 N–H and O–H groups in total. The van der Waals surface area contributed by atoms with Crippen LogP contribution in [0.4, 0.5) is 0 Å². The summed E-state index contributed by atoms with van der Waals surface area (Å²) in [6.45, 7) is 17.6. The number of nitrogens with zero attached hydrogens (tertiary/aromatic N) is 2. The van der Waals surface area contributed by atoms with Gasteiger partial charge in [-0.1, -0.05) is 6.92 Å². The molecule has 2 aliphatic rings. The third-order valence-electron chi connectivity index (χ3n) is 5.75. The van der Waals surface area contributed by atoms with Crippen molar-refractivity contribution in [3.05, 3.63) is 0 Å². The van der Waals surface area contributed by atoms with Gasteiger partial charge in [0, 0.05) is 50.4 Å². The lowest BCUT2D eigenvalue weighted by Crippen LogP contribution is -2.66. The van der Waals surface area contributed by atoms with Crippen molar-refractivity contribution in [2.75, 3.05) is 39.3 Å². The Labute approximate surface area is 131 Å². The molecule has 2 rings (SSSR count). The number of hydrogen-bond donors (Lipinski definition) is 1. The van der Waals surface area contributed by atoms with Crippen LogP contribution in [0.15, 0.2) is 0 Å². The SMILES string of the molecule is CCC1(C)CC(CN)(N2CCN(C(C)(C)C)CC2)CCO1. The van der Waals surface area contributed by atoms with Crippen LogP contribution in [0.2, 0.25) is 0 Å². The van der Waals surface area contributed by atoms with Crippen molar-refractivity contribution in [2.45, 2.75) is 70.6 Å². The van der Waals surface area contributed by atoms with Gasteiger partial charge in [0.1, 0.15) is 0 Å². The van der Waals surface area contributed by atoms with Crippen LogP contribution in [0.3, 0.4) is 0 Å². The number of rotatable bonds is 3. The molecule has 2 aliphatic heterocycles. The molecule has 0 bridgehead atoms. The van der Waals surface area contributed by atoms with E-state index in [1.807, 2.05) is 0 Å². The molecule has 21 heavy (non-hydrogen) atoms. The molecule has 2 unspecified atom stereocenters. The lowest BCUT2D eigenvalue weighted by molar-refractivity contribution is -0.136. The minimum Gasteiger partial charge on any atom is -0.375 e. The first-order valence-corrected chi connectivity index (χ1v) is 8.59. The van der Waals surface area contributed by atoms with Gasteiger partial charge in [0.2, 0.25) is 0 Å². The van der Waals surface area contributed by atoms with E-state index in [0.29, 0.717) is 0 Å². The predicted molar refractivity (Wildman–Crippen MR) is 88.6 cm³/mol. The maximum atomic E-state index is 6.25. The summed E-state index contributed by atoms with van der Waals surface area (Å²) in [5, 5.41) is 0. The van der Waals surface area contributed by atoms with Gasteiger partial charge in [-0.15, -0.1) is 0 Å². The Hall–Kier alpha value is -0.160. The highest BCUT2D eigenvalue weighted by molar-refractivity contribution is 5.02. The zero-order chi connectivity index (χ0) is 15.7. The summed E-state index contributed by atoms with van der Waals surface area (Å²) in [6, 6.07) is 0. The predicted octanol–water partition coefficient (Wildman–Crippen LogP) is 2.08. The summed E-state index contributed by atoms with van der Waals surface area (Å²) in [7, 11) is 0. The van der Waals surface area contributed by atoms with E-state index in [2.05, 4.69) is 44.4 Å². The summed E-state index contributed by atoms with van der Waals surface area (Å²) in [5.41, 5.74) is 6.67. The Kier molecular flexibility index (Phi) is 5.04. The molecule has 0 aromatic rings. The molecule has 124 valence electrons. The summed E-state index contributed by atoms with van der Waals surface area (Å²) < 4.78 is 6.05. The Balaban J connectivity index is 2.05. The highest BCUT2D eigenvalue weighted by Gasteiger charge is 2.46. The molecular weight excluding hydrogens is 262 g/mol. The van der Waals surface area contributed by atoms with Crippen molar-refractivity contribution in [3.8, 4) is 0 Å². The van der Waals surface area contributed by atoms with E-state index in [1.54, 1.807) is 0 Å². The largest absolute Gasteiger partial charge is 0.375 e. The number of piperazine rings is 1. The highest BCUT2D eigenvalue weighted by Crippen LogP contribution is 2.38. The molecule has 4 nitrogen and oxygen atoms in total. The molecule has 0 aromatic carbocycles. The van der Waals surface area contributed by atoms with Crippen LogP contribution in [0, 0.1) is 0 Å². The van der Waals surface area contributed by atoms with E-state index < -0.39 is 0 Å². The second-order valence-corrected chi connectivity index (χ2v) is 8.15. The van der Waals surface area contributed by atoms with E-state index in [9.17, 15) is 0 Å². The smallest absolute Gasteiger partial charge is 0.0670 e. The average Bonchev–Trinajstić information content (AvgIpc) is 2.46. The average molecular weight is 297 g/mol. The van der Waals surface area contributed by atoms with E-state index >= 15 is 0 Å². The molecule has 0 spiro atoms. The van der Waals surface area contributed by atoms with Crippen molar-refractivity contribution >= 4 is 0 Å². The second-order valence-electron chi connectivity index (χ2n) is 8.15. The number of hydrogen-bond acceptors (Lipinski definition) is 4. The van der Waals surface area contributed by atoms with Crippen LogP contribution in [-0.2, 0) is 4.74 Å². The zero-order valence-electron chi connectivity index (χ0n) is 14.7. The molecule has 0 aliphatic carbocycles. The number of nitrogens with two attached hydrogens (primary N) is 1. The fraction of sp³-hybridized carbons (Fsp3) is 1.00. The molecule has 0 radical (unpaired) electrons. The Morgan fingerprint density at radius 1 is 1.14 bits per heavy atom. The number of ether oxygens (including phenoxy) is 1. The van der Waals surface area contributed by atoms with Crippen molar-refractivity contribution in [3.63, 3.8) is 0 Å². The first kappa shape index (κ1) is 17.2. The van der Waals surface area contributed by atoms with Crippen LogP contribution in [-0.4, -0.2) is 65.8 Å². The Morgan fingerprint density at radius 2 is 1.76 bits per heavy atom.